The van der Waals surface area contributed by atoms with Crippen LogP contribution >= 0.6 is 0 Å². The zero-order chi connectivity index (χ0) is 15.5. The van der Waals surface area contributed by atoms with E-state index in [1.165, 1.54) is 10.4 Å². The van der Waals surface area contributed by atoms with Crippen molar-refractivity contribution in [3.05, 3.63) is 28.3 Å². The summed E-state index contributed by atoms with van der Waals surface area (Å²) in [5, 5.41) is 20.1. The second kappa shape index (κ2) is 6.19. The molecule has 7 nitrogen and oxygen atoms in total. The molecule has 0 spiro atoms. The van der Waals surface area contributed by atoms with Crippen molar-refractivity contribution in [2.45, 2.75) is 25.7 Å². The molecule has 0 aliphatic rings. The van der Waals surface area contributed by atoms with Gasteiger partial charge in [0.1, 0.15) is 0 Å². The number of hydrogen-bond donors (Lipinski definition) is 1. The summed E-state index contributed by atoms with van der Waals surface area (Å²) in [7, 11) is -3.80. The molecule has 0 aliphatic carbocycles. The molecule has 0 aromatic heterocycles. The minimum absolute atomic E-state index is 0.136. The van der Waals surface area contributed by atoms with Crippen molar-refractivity contribution < 1.29 is 18.4 Å². The molecule has 8 heteroatoms. The van der Waals surface area contributed by atoms with Crippen molar-refractivity contribution in [3.63, 3.8) is 0 Å². The van der Waals surface area contributed by atoms with Gasteiger partial charge in [-0.15, -0.1) is 0 Å². The molecule has 0 saturated heterocycles. The van der Waals surface area contributed by atoms with Crippen molar-refractivity contribution in [2.24, 2.45) is 5.92 Å². The molecule has 1 N–H and O–H groups in total. The summed E-state index contributed by atoms with van der Waals surface area (Å²) in [6.45, 7) is 6.08. The van der Waals surface area contributed by atoms with Gasteiger partial charge in [-0.3, -0.25) is 10.1 Å². The topological polar surface area (TPSA) is 101 Å². The van der Waals surface area contributed by atoms with Gasteiger partial charge < -0.3 is 5.11 Å². The van der Waals surface area contributed by atoms with Gasteiger partial charge in [0.25, 0.3) is 0 Å². The smallest absolute Gasteiger partial charge is 0.312 e. The zero-order valence-corrected chi connectivity index (χ0v) is 12.4. The lowest BCUT2D eigenvalue weighted by Gasteiger charge is -2.22. The Balaban J connectivity index is 3.27. The van der Waals surface area contributed by atoms with Crippen LogP contribution in [0.4, 0.5) is 5.69 Å². The van der Waals surface area contributed by atoms with E-state index in [2.05, 4.69) is 0 Å². The van der Waals surface area contributed by atoms with E-state index in [4.69, 9.17) is 0 Å². The first-order valence-corrected chi connectivity index (χ1v) is 7.61. The fourth-order valence-corrected chi connectivity index (χ4v) is 3.40. The molecule has 0 saturated carbocycles. The summed E-state index contributed by atoms with van der Waals surface area (Å²) in [5.74, 6) is -0.419. The van der Waals surface area contributed by atoms with Crippen molar-refractivity contribution in [1.82, 2.24) is 4.31 Å². The molecule has 0 amide bonds. The van der Waals surface area contributed by atoms with E-state index < -0.39 is 26.4 Å². The zero-order valence-electron chi connectivity index (χ0n) is 11.6. The molecule has 0 heterocycles. The first-order valence-electron chi connectivity index (χ1n) is 6.17. The molecule has 0 unspecified atom stereocenters. The number of nitro benzene ring substituents is 1. The summed E-state index contributed by atoms with van der Waals surface area (Å²) in [6, 6.07) is 3.07. The first kappa shape index (κ1) is 16.4. The highest BCUT2D eigenvalue weighted by Gasteiger charge is 2.26. The summed E-state index contributed by atoms with van der Waals surface area (Å²) >= 11 is 0. The standard InChI is InChI=1S/C12H18N2O5S/c1-4-13(8-9(2)3)20(18,19)10-5-6-12(15)11(7-10)14(16)17/h5-7,9,15H,4,8H2,1-3H3. The van der Waals surface area contributed by atoms with Gasteiger partial charge in [0, 0.05) is 19.2 Å². The van der Waals surface area contributed by atoms with Gasteiger partial charge >= 0.3 is 5.69 Å². The first-order chi connectivity index (χ1) is 9.20. The van der Waals surface area contributed by atoms with E-state index in [1.54, 1.807) is 6.92 Å². The number of sulfonamides is 1. The van der Waals surface area contributed by atoms with Crippen molar-refractivity contribution in [2.75, 3.05) is 13.1 Å². The molecule has 1 aromatic carbocycles. The number of phenolic OH excluding ortho intramolecular Hbond substituents is 1. The van der Waals surface area contributed by atoms with Gasteiger partial charge in [0.05, 0.1) is 9.82 Å². The molecule has 1 rings (SSSR count). The predicted molar refractivity (Wildman–Crippen MR) is 74.0 cm³/mol. The largest absolute Gasteiger partial charge is 0.502 e. The number of phenols is 1. The van der Waals surface area contributed by atoms with Crippen LogP contribution in [-0.4, -0.2) is 35.8 Å². The Labute approximate surface area is 118 Å². The van der Waals surface area contributed by atoms with Crippen molar-refractivity contribution in [3.8, 4) is 5.75 Å². The molecular formula is C12H18N2O5S. The summed E-state index contributed by atoms with van der Waals surface area (Å²) in [6.07, 6.45) is 0. The van der Waals surface area contributed by atoms with Crippen LogP contribution in [0.15, 0.2) is 23.1 Å². The molecular weight excluding hydrogens is 284 g/mol. The van der Waals surface area contributed by atoms with Crippen LogP contribution in [0, 0.1) is 16.0 Å². The van der Waals surface area contributed by atoms with E-state index in [1.807, 2.05) is 13.8 Å². The lowest BCUT2D eigenvalue weighted by molar-refractivity contribution is -0.386. The number of rotatable bonds is 6. The van der Waals surface area contributed by atoms with E-state index in [0.717, 1.165) is 12.1 Å². The number of hydrogen-bond acceptors (Lipinski definition) is 5. The highest BCUT2D eigenvalue weighted by molar-refractivity contribution is 7.89. The molecule has 0 atom stereocenters. The maximum Gasteiger partial charge on any atom is 0.312 e. The van der Waals surface area contributed by atoms with E-state index in [-0.39, 0.29) is 17.4 Å². The average Bonchev–Trinajstić information content (AvgIpc) is 2.35. The molecule has 1 aromatic rings. The Kier molecular flexibility index (Phi) is 5.07. The van der Waals surface area contributed by atoms with E-state index in [0.29, 0.717) is 6.54 Å². The van der Waals surface area contributed by atoms with Gasteiger partial charge in [-0.25, -0.2) is 8.42 Å². The quantitative estimate of drug-likeness (QED) is 0.639. The van der Waals surface area contributed by atoms with Crippen LogP contribution in [-0.2, 0) is 10.0 Å². The Morgan fingerprint density at radius 3 is 2.45 bits per heavy atom. The minimum Gasteiger partial charge on any atom is -0.502 e. The Morgan fingerprint density at radius 1 is 1.40 bits per heavy atom. The lowest BCUT2D eigenvalue weighted by Crippen LogP contribution is -2.34. The monoisotopic (exact) mass is 302 g/mol. The maximum absolute atomic E-state index is 12.4. The molecule has 0 radical (unpaired) electrons. The van der Waals surface area contributed by atoms with Crippen LogP contribution in [0.25, 0.3) is 0 Å². The second-order valence-electron chi connectivity index (χ2n) is 4.76. The third kappa shape index (κ3) is 3.45. The van der Waals surface area contributed by atoms with E-state index >= 15 is 0 Å². The van der Waals surface area contributed by atoms with Crippen LogP contribution in [0.1, 0.15) is 20.8 Å². The summed E-state index contributed by atoms with van der Waals surface area (Å²) in [5.41, 5.74) is -0.619. The third-order valence-electron chi connectivity index (χ3n) is 2.70. The lowest BCUT2D eigenvalue weighted by atomic mass is 10.2. The SMILES string of the molecule is CCN(CC(C)C)S(=O)(=O)c1ccc(O)c([N+](=O)[O-])c1. The Hall–Kier alpha value is -1.67. The van der Waals surface area contributed by atoms with Crippen LogP contribution in [0.3, 0.4) is 0 Å². The molecule has 0 bridgehead atoms. The number of nitro groups is 1. The van der Waals surface area contributed by atoms with Gasteiger partial charge in [-0.2, -0.15) is 4.31 Å². The minimum atomic E-state index is -3.80. The van der Waals surface area contributed by atoms with Gasteiger partial charge in [-0.1, -0.05) is 20.8 Å². The van der Waals surface area contributed by atoms with Crippen molar-refractivity contribution >= 4 is 15.7 Å². The normalized spacial score (nSPS) is 12.1. The summed E-state index contributed by atoms with van der Waals surface area (Å²) in [4.78, 5) is 9.75. The predicted octanol–water partition coefficient (Wildman–Crippen LogP) is 1.97. The van der Waals surface area contributed by atoms with Gasteiger partial charge in [0.15, 0.2) is 5.75 Å². The van der Waals surface area contributed by atoms with Crippen molar-refractivity contribution in [1.29, 1.82) is 0 Å². The highest BCUT2D eigenvalue weighted by Crippen LogP contribution is 2.29. The van der Waals surface area contributed by atoms with Crippen LogP contribution in [0.2, 0.25) is 0 Å². The maximum atomic E-state index is 12.4. The summed E-state index contributed by atoms with van der Waals surface area (Å²) < 4.78 is 26.1. The van der Waals surface area contributed by atoms with Crippen LogP contribution in [0.5, 0.6) is 5.75 Å². The van der Waals surface area contributed by atoms with Gasteiger partial charge in [-0.05, 0) is 18.1 Å². The number of aromatic hydroxyl groups is 1. The molecule has 112 valence electrons. The van der Waals surface area contributed by atoms with E-state index in [9.17, 15) is 23.6 Å². The Bertz CT molecular complexity index is 598. The number of benzene rings is 1. The van der Waals surface area contributed by atoms with Gasteiger partial charge in [0.2, 0.25) is 10.0 Å². The number of nitrogens with zero attached hydrogens (tertiary/aromatic N) is 2. The molecule has 0 aliphatic heterocycles. The Morgan fingerprint density at radius 2 is 2.00 bits per heavy atom. The second-order valence-corrected chi connectivity index (χ2v) is 6.70. The fraction of sp³-hybridized carbons (Fsp3) is 0.500. The van der Waals surface area contributed by atoms with Crippen LogP contribution < -0.4 is 0 Å². The highest BCUT2D eigenvalue weighted by atomic mass is 32.2. The third-order valence-corrected chi connectivity index (χ3v) is 4.64. The molecule has 0 fully saturated rings. The average molecular weight is 302 g/mol. The fourth-order valence-electron chi connectivity index (χ4n) is 1.76. The molecule has 20 heavy (non-hydrogen) atoms.